The Morgan fingerprint density at radius 2 is 1.75 bits per heavy atom. The van der Waals surface area contributed by atoms with Crippen LogP contribution in [0.3, 0.4) is 0 Å². The fraction of sp³-hybridized carbons (Fsp3) is 0.143. The lowest BCUT2D eigenvalue weighted by molar-refractivity contribution is 0.406. The topological polar surface area (TPSA) is 9.23 Å². The van der Waals surface area contributed by atoms with Gasteiger partial charge >= 0.3 is 0 Å². The fourth-order valence-corrected chi connectivity index (χ4v) is 3.11. The Morgan fingerprint density at radius 3 is 2.40 bits per heavy atom. The van der Waals surface area contributed by atoms with Gasteiger partial charge in [-0.1, -0.05) is 15.9 Å². The number of hydrogen-bond acceptors (Lipinski definition) is 1. The van der Waals surface area contributed by atoms with Crippen molar-refractivity contribution in [2.24, 2.45) is 0 Å². The molecule has 1 nitrogen and oxygen atoms in total. The molecule has 0 N–H and O–H groups in total. The minimum atomic E-state index is -0.674. The molecule has 1 atom stereocenters. The lowest BCUT2D eigenvalue weighted by atomic mass is 10.0. The van der Waals surface area contributed by atoms with Crippen molar-refractivity contribution < 1.29 is 13.5 Å². The molecule has 2 aromatic carbocycles. The standard InChI is InChI=1S/C14H9Br2ClF2O/c1-20-13-6-12(19)11(16)5-9(13)14(17)8-4-7(18)2-3-10(8)15/h2-6,14H,1H3. The quantitative estimate of drug-likeness (QED) is 0.562. The third kappa shape index (κ3) is 3.15. The molecule has 0 bridgehead atoms. The van der Waals surface area contributed by atoms with Crippen molar-refractivity contribution in [2.75, 3.05) is 7.11 Å². The van der Waals surface area contributed by atoms with Crippen LogP contribution >= 0.6 is 43.5 Å². The Morgan fingerprint density at radius 1 is 1.05 bits per heavy atom. The van der Waals surface area contributed by atoms with E-state index in [1.807, 2.05) is 0 Å². The second-order valence-electron chi connectivity index (χ2n) is 4.04. The smallest absolute Gasteiger partial charge is 0.141 e. The van der Waals surface area contributed by atoms with Gasteiger partial charge in [-0.15, -0.1) is 11.6 Å². The van der Waals surface area contributed by atoms with Gasteiger partial charge < -0.3 is 4.74 Å². The van der Waals surface area contributed by atoms with Crippen LogP contribution in [0.5, 0.6) is 5.75 Å². The molecule has 0 aliphatic carbocycles. The zero-order chi connectivity index (χ0) is 14.9. The summed E-state index contributed by atoms with van der Waals surface area (Å²) in [4.78, 5) is 0. The molecule has 0 aliphatic rings. The first-order valence-electron chi connectivity index (χ1n) is 5.56. The zero-order valence-corrected chi connectivity index (χ0v) is 14.2. The van der Waals surface area contributed by atoms with Crippen molar-refractivity contribution in [1.29, 1.82) is 0 Å². The Bertz CT molecular complexity index is 649. The molecule has 0 spiro atoms. The van der Waals surface area contributed by atoms with Crippen LogP contribution in [0.1, 0.15) is 16.5 Å². The summed E-state index contributed by atoms with van der Waals surface area (Å²) in [6.07, 6.45) is 0. The van der Waals surface area contributed by atoms with Crippen molar-refractivity contribution in [3.05, 3.63) is 62.0 Å². The highest BCUT2D eigenvalue weighted by Gasteiger charge is 2.20. The van der Waals surface area contributed by atoms with Crippen LogP contribution in [0.2, 0.25) is 0 Å². The van der Waals surface area contributed by atoms with E-state index < -0.39 is 17.0 Å². The largest absolute Gasteiger partial charge is 0.496 e. The lowest BCUT2D eigenvalue weighted by Gasteiger charge is -2.16. The molecule has 0 aromatic heterocycles. The number of methoxy groups -OCH3 is 1. The molecule has 0 amide bonds. The average Bonchev–Trinajstić information content (AvgIpc) is 2.43. The van der Waals surface area contributed by atoms with Crippen molar-refractivity contribution >= 4 is 43.5 Å². The van der Waals surface area contributed by atoms with E-state index in [4.69, 9.17) is 16.3 Å². The highest BCUT2D eigenvalue weighted by molar-refractivity contribution is 9.10. The predicted octanol–water partition coefficient (Wildman–Crippen LogP) is 5.83. The number of hydrogen-bond donors (Lipinski definition) is 0. The lowest BCUT2D eigenvalue weighted by Crippen LogP contribution is -2.00. The summed E-state index contributed by atoms with van der Waals surface area (Å²) in [7, 11) is 1.43. The maximum absolute atomic E-state index is 13.5. The van der Waals surface area contributed by atoms with Gasteiger partial charge in [-0.3, -0.25) is 0 Å². The first-order chi connectivity index (χ1) is 9.43. The zero-order valence-electron chi connectivity index (χ0n) is 10.3. The van der Waals surface area contributed by atoms with Gasteiger partial charge in [-0.25, -0.2) is 8.78 Å². The van der Waals surface area contributed by atoms with Crippen molar-refractivity contribution in [3.63, 3.8) is 0 Å². The molecule has 0 heterocycles. The summed E-state index contributed by atoms with van der Waals surface area (Å²) < 4.78 is 33.0. The summed E-state index contributed by atoms with van der Waals surface area (Å²) >= 11 is 12.8. The van der Waals surface area contributed by atoms with E-state index in [-0.39, 0.29) is 4.47 Å². The van der Waals surface area contributed by atoms with Crippen LogP contribution < -0.4 is 4.74 Å². The molecule has 106 valence electrons. The van der Waals surface area contributed by atoms with E-state index in [9.17, 15) is 8.78 Å². The van der Waals surface area contributed by atoms with E-state index in [2.05, 4.69) is 31.9 Å². The third-order valence-corrected chi connectivity index (χ3v) is 4.58. The highest BCUT2D eigenvalue weighted by atomic mass is 79.9. The second-order valence-corrected chi connectivity index (χ2v) is 6.18. The van der Waals surface area contributed by atoms with Gasteiger partial charge in [0.15, 0.2) is 0 Å². The van der Waals surface area contributed by atoms with E-state index in [1.165, 1.54) is 31.4 Å². The second kappa shape index (κ2) is 6.41. The minimum Gasteiger partial charge on any atom is -0.496 e. The Labute approximate surface area is 137 Å². The third-order valence-electron chi connectivity index (χ3n) is 2.78. The number of ether oxygens (including phenoxy) is 1. The van der Waals surface area contributed by atoms with Gasteiger partial charge in [-0.05, 0) is 45.8 Å². The SMILES string of the molecule is COc1cc(F)c(Br)cc1C(Cl)c1cc(F)ccc1Br. The first-order valence-corrected chi connectivity index (χ1v) is 7.58. The molecular formula is C14H9Br2ClF2O. The van der Waals surface area contributed by atoms with Crippen LogP contribution in [-0.2, 0) is 0 Å². The molecule has 2 rings (SSSR count). The molecule has 0 fully saturated rings. The average molecular weight is 426 g/mol. The Kier molecular flexibility index (Phi) is 5.04. The predicted molar refractivity (Wildman–Crippen MR) is 82.4 cm³/mol. The van der Waals surface area contributed by atoms with E-state index in [0.717, 1.165) is 0 Å². The first kappa shape index (κ1) is 15.7. The van der Waals surface area contributed by atoms with Crippen LogP contribution in [0.4, 0.5) is 8.78 Å². The molecule has 1 unspecified atom stereocenters. The van der Waals surface area contributed by atoms with Gasteiger partial charge in [0, 0.05) is 16.1 Å². The van der Waals surface area contributed by atoms with Gasteiger partial charge in [0.25, 0.3) is 0 Å². The van der Waals surface area contributed by atoms with Crippen LogP contribution in [0, 0.1) is 11.6 Å². The molecule has 0 aliphatic heterocycles. The van der Waals surface area contributed by atoms with Crippen LogP contribution in [-0.4, -0.2) is 7.11 Å². The number of rotatable bonds is 3. The minimum absolute atomic E-state index is 0.270. The van der Waals surface area contributed by atoms with Gasteiger partial charge in [0.2, 0.25) is 0 Å². The number of benzene rings is 2. The van der Waals surface area contributed by atoms with Crippen molar-refractivity contribution in [1.82, 2.24) is 0 Å². The van der Waals surface area contributed by atoms with Crippen LogP contribution in [0.25, 0.3) is 0 Å². The summed E-state index contributed by atoms with van der Waals surface area (Å²) in [5.41, 5.74) is 1.09. The molecule has 0 saturated carbocycles. The monoisotopic (exact) mass is 424 g/mol. The van der Waals surface area contributed by atoms with Crippen molar-refractivity contribution in [2.45, 2.75) is 5.38 Å². The summed E-state index contributed by atoms with van der Waals surface area (Å²) in [5.74, 6) is -0.538. The van der Waals surface area contributed by atoms with E-state index in [1.54, 1.807) is 6.07 Å². The molecule has 20 heavy (non-hydrogen) atoms. The van der Waals surface area contributed by atoms with Crippen LogP contribution in [0.15, 0.2) is 39.3 Å². The maximum atomic E-state index is 13.5. The maximum Gasteiger partial charge on any atom is 0.141 e. The van der Waals surface area contributed by atoms with Gasteiger partial charge in [0.05, 0.1) is 17.0 Å². The van der Waals surface area contributed by atoms with E-state index >= 15 is 0 Å². The molecule has 0 saturated heterocycles. The van der Waals surface area contributed by atoms with Crippen molar-refractivity contribution in [3.8, 4) is 5.75 Å². The Balaban J connectivity index is 2.55. The normalized spacial score (nSPS) is 12.3. The summed E-state index contributed by atoms with van der Waals surface area (Å²) in [6, 6.07) is 7.00. The molecular weight excluding hydrogens is 417 g/mol. The molecule has 6 heteroatoms. The summed E-state index contributed by atoms with van der Waals surface area (Å²) in [6.45, 7) is 0. The fourth-order valence-electron chi connectivity index (χ4n) is 1.80. The van der Waals surface area contributed by atoms with Gasteiger partial charge in [-0.2, -0.15) is 0 Å². The summed E-state index contributed by atoms with van der Waals surface area (Å²) in [5, 5.41) is -0.674. The van der Waals surface area contributed by atoms with E-state index in [0.29, 0.717) is 21.3 Å². The highest BCUT2D eigenvalue weighted by Crippen LogP contribution is 2.40. The number of halogens is 5. The number of alkyl halides is 1. The molecule has 2 aromatic rings. The molecule has 0 radical (unpaired) electrons. The van der Waals surface area contributed by atoms with Gasteiger partial charge in [0.1, 0.15) is 17.4 Å². The Hall–Kier alpha value is -0.650.